The van der Waals surface area contributed by atoms with Crippen molar-refractivity contribution in [1.29, 1.82) is 0 Å². The predicted octanol–water partition coefficient (Wildman–Crippen LogP) is 6.56. The van der Waals surface area contributed by atoms with E-state index in [2.05, 4.69) is 51.3 Å². The van der Waals surface area contributed by atoms with E-state index in [1.807, 2.05) is 19.1 Å². The van der Waals surface area contributed by atoms with E-state index in [1.54, 1.807) is 13.2 Å². The lowest BCUT2D eigenvalue weighted by Gasteiger charge is -2.46. The topological polar surface area (TPSA) is 107 Å². The first-order valence-electron chi connectivity index (χ1n) is 19.1. The van der Waals surface area contributed by atoms with Gasteiger partial charge in [0.15, 0.2) is 0 Å². The van der Waals surface area contributed by atoms with Gasteiger partial charge in [0.2, 0.25) is 5.91 Å². The molecular formula is C41H53N3O6S. The van der Waals surface area contributed by atoms with Crippen molar-refractivity contribution in [2.24, 2.45) is 33.4 Å². The molecule has 1 unspecified atom stereocenters. The maximum absolute atomic E-state index is 14.6. The number of rotatable bonds is 3. The minimum Gasteiger partial charge on any atom is -0.490 e. The normalized spacial score (nSPS) is 36.8. The Balaban J connectivity index is 1.16. The Morgan fingerprint density at radius 3 is 2.75 bits per heavy atom. The van der Waals surface area contributed by atoms with Gasteiger partial charge in [-0.3, -0.25) is 14.3 Å². The van der Waals surface area contributed by atoms with E-state index in [4.69, 9.17) is 14.2 Å². The van der Waals surface area contributed by atoms with Gasteiger partial charge in [-0.1, -0.05) is 42.8 Å². The molecular weight excluding hydrogens is 663 g/mol. The molecule has 2 amide bonds. The third kappa shape index (κ3) is 6.77. The monoisotopic (exact) mass is 715 g/mol. The average molecular weight is 716 g/mol. The molecule has 1 saturated heterocycles. The Morgan fingerprint density at radius 1 is 1.12 bits per heavy atom. The zero-order chi connectivity index (χ0) is 35.4. The lowest BCUT2D eigenvalue weighted by Crippen LogP contribution is -2.49. The van der Waals surface area contributed by atoms with Crippen molar-refractivity contribution in [2.45, 2.75) is 83.2 Å². The van der Waals surface area contributed by atoms with Crippen molar-refractivity contribution in [2.75, 3.05) is 50.7 Å². The van der Waals surface area contributed by atoms with Crippen LogP contribution in [0.4, 0.5) is 5.69 Å². The van der Waals surface area contributed by atoms with Gasteiger partial charge in [0.25, 0.3) is 5.91 Å². The molecule has 3 fully saturated rings. The lowest BCUT2D eigenvalue weighted by molar-refractivity contribution is -0.130. The summed E-state index contributed by atoms with van der Waals surface area (Å²) in [5.74, 6) is 0.442. The molecule has 0 aromatic heterocycles. The quantitative estimate of drug-likeness (QED) is 0.359. The number of nitrogens with zero attached hydrogens (tertiary/aromatic N) is 2. The van der Waals surface area contributed by atoms with Crippen LogP contribution in [-0.4, -0.2) is 67.9 Å². The van der Waals surface area contributed by atoms with Gasteiger partial charge in [0.05, 0.1) is 30.8 Å². The minimum atomic E-state index is -3.41. The van der Waals surface area contributed by atoms with E-state index in [-0.39, 0.29) is 40.4 Å². The standard InChI is InChI=1S/C41H53N3O6S/c1-27-9-13-34-29(18-27)7-5-15-41(34)24-44-22-31-10-12-33(31)36(48-3)8-4-6-28(2)23-51(47,43-39(46)32-20-40(21-32)16-17-49-25-40)42-38(45)30-11-14-37(50-26-41)35(44)19-30/h4,8-9,11,13-14,18-19,28,31-33,36H,5-7,10,12,15-17,20-26H2,1-3H3,(H,42,43,45,46,47)/b8-4+/t28-,31-,32?,33+,36-,40?,41-,51?/m0/s1. The molecule has 51 heavy (non-hydrogen) atoms. The molecule has 8 rings (SSSR count). The van der Waals surface area contributed by atoms with E-state index in [0.717, 1.165) is 69.7 Å². The summed E-state index contributed by atoms with van der Waals surface area (Å²) in [6.45, 7) is 7.72. The number of fused-ring (bicyclic) bond motifs is 4. The number of methoxy groups -OCH3 is 1. The van der Waals surface area contributed by atoms with Gasteiger partial charge < -0.3 is 19.1 Å². The van der Waals surface area contributed by atoms with Crippen LogP contribution in [0, 0.1) is 36.0 Å². The molecule has 2 spiro atoms. The first kappa shape index (κ1) is 34.9. The van der Waals surface area contributed by atoms with Crippen LogP contribution in [0.2, 0.25) is 0 Å². The molecule has 9 nitrogen and oxygen atoms in total. The van der Waals surface area contributed by atoms with Gasteiger partial charge in [-0.2, -0.15) is 0 Å². The SMILES string of the molecule is CO[C@H]1/C=C/C[C@H](C)CS(=O)(NC(=O)C2CC3(CCOC3)C2)=NC(=O)c2ccc3c(c2)N(C[C@@H]2CC[C@H]21)C[C@@]1(CCCc2cc(C)ccc21)CO3. The number of aryl methyl sites for hydroxylation is 2. The van der Waals surface area contributed by atoms with Crippen molar-refractivity contribution < 1.29 is 28.0 Å². The van der Waals surface area contributed by atoms with Gasteiger partial charge in [0, 0.05) is 43.7 Å². The first-order valence-corrected chi connectivity index (χ1v) is 20.7. The van der Waals surface area contributed by atoms with Crippen molar-refractivity contribution in [3.63, 3.8) is 0 Å². The number of carbonyl (C=O) groups is 2. The Kier molecular flexibility index (Phi) is 9.33. The summed E-state index contributed by atoms with van der Waals surface area (Å²) in [6.07, 6.45) is 12.7. The number of amides is 2. The molecule has 1 N–H and O–H groups in total. The number of hydrogen-bond acceptors (Lipinski definition) is 7. The maximum Gasteiger partial charge on any atom is 0.286 e. The highest BCUT2D eigenvalue weighted by Crippen LogP contribution is 2.51. The Hall–Kier alpha value is -3.21. The zero-order valence-corrected chi connectivity index (χ0v) is 31.2. The number of allylic oxidation sites excluding steroid dienone is 1. The molecule has 3 heterocycles. The molecule has 0 radical (unpaired) electrons. The molecule has 6 atom stereocenters. The second-order valence-corrected chi connectivity index (χ2v) is 18.7. The zero-order valence-electron chi connectivity index (χ0n) is 30.4. The van der Waals surface area contributed by atoms with Crippen molar-refractivity contribution in [1.82, 2.24) is 4.72 Å². The Bertz CT molecular complexity index is 1840. The largest absolute Gasteiger partial charge is 0.490 e. The van der Waals surface area contributed by atoms with Crippen LogP contribution in [0.1, 0.15) is 85.3 Å². The Labute approximate surface area is 303 Å². The van der Waals surface area contributed by atoms with Gasteiger partial charge in [-0.25, -0.2) is 4.21 Å². The van der Waals surface area contributed by atoms with Crippen LogP contribution < -0.4 is 14.4 Å². The third-order valence-electron chi connectivity index (χ3n) is 12.9. The van der Waals surface area contributed by atoms with E-state index in [0.29, 0.717) is 49.9 Å². The summed E-state index contributed by atoms with van der Waals surface area (Å²) in [5, 5.41) is 0. The van der Waals surface area contributed by atoms with Crippen molar-refractivity contribution >= 4 is 27.4 Å². The summed E-state index contributed by atoms with van der Waals surface area (Å²) < 4.78 is 40.2. The highest BCUT2D eigenvalue weighted by atomic mass is 32.2. The fourth-order valence-corrected chi connectivity index (χ4v) is 11.9. The van der Waals surface area contributed by atoms with Gasteiger partial charge in [0.1, 0.15) is 15.7 Å². The number of anilines is 1. The molecule has 6 aliphatic rings. The molecule has 2 saturated carbocycles. The van der Waals surface area contributed by atoms with Crippen LogP contribution in [0.25, 0.3) is 0 Å². The number of carbonyl (C=O) groups excluding carboxylic acids is 2. The summed E-state index contributed by atoms with van der Waals surface area (Å²) in [5.41, 5.74) is 5.15. The summed E-state index contributed by atoms with van der Waals surface area (Å²) in [6, 6.07) is 12.4. The average Bonchev–Trinajstić information content (AvgIpc) is 3.52. The minimum absolute atomic E-state index is 0.0222. The first-order chi connectivity index (χ1) is 24.6. The van der Waals surface area contributed by atoms with Crippen LogP contribution in [0.5, 0.6) is 5.75 Å². The molecule has 2 bridgehead atoms. The third-order valence-corrected chi connectivity index (χ3v) is 14.9. The number of hydrogen-bond donors (Lipinski definition) is 1. The van der Waals surface area contributed by atoms with Crippen LogP contribution >= 0.6 is 0 Å². The highest BCUT2D eigenvalue weighted by molar-refractivity contribution is 7.92. The van der Waals surface area contributed by atoms with Crippen LogP contribution in [0.3, 0.4) is 0 Å². The molecule has 2 aromatic rings. The van der Waals surface area contributed by atoms with Crippen molar-refractivity contribution in [3.8, 4) is 5.75 Å². The smallest absolute Gasteiger partial charge is 0.286 e. The molecule has 2 aromatic carbocycles. The number of ether oxygens (including phenoxy) is 3. The fourth-order valence-electron chi connectivity index (χ4n) is 9.91. The predicted molar refractivity (Wildman–Crippen MR) is 198 cm³/mol. The fraction of sp³-hybridized carbons (Fsp3) is 0.610. The molecule has 3 aliphatic heterocycles. The molecule has 3 aliphatic carbocycles. The van der Waals surface area contributed by atoms with Gasteiger partial charge in [-0.15, -0.1) is 4.36 Å². The summed E-state index contributed by atoms with van der Waals surface area (Å²) in [4.78, 5) is 30.0. The molecule has 10 heteroatoms. The van der Waals surface area contributed by atoms with Gasteiger partial charge >= 0.3 is 0 Å². The number of benzene rings is 2. The van der Waals surface area contributed by atoms with Crippen LogP contribution in [0.15, 0.2) is 52.9 Å². The highest BCUT2D eigenvalue weighted by Gasteiger charge is 2.50. The van der Waals surface area contributed by atoms with E-state index in [1.165, 1.54) is 16.7 Å². The number of nitrogens with one attached hydrogen (secondary N) is 1. The summed E-state index contributed by atoms with van der Waals surface area (Å²) in [7, 11) is -1.62. The van der Waals surface area contributed by atoms with E-state index < -0.39 is 15.8 Å². The van der Waals surface area contributed by atoms with Crippen molar-refractivity contribution in [3.05, 3.63) is 70.8 Å². The summed E-state index contributed by atoms with van der Waals surface area (Å²) >= 11 is 0. The second kappa shape index (κ2) is 13.6. The van der Waals surface area contributed by atoms with E-state index in [9.17, 15) is 13.8 Å². The Morgan fingerprint density at radius 2 is 1.98 bits per heavy atom. The maximum atomic E-state index is 14.6. The van der Waals surface area contributed by atoms with Crippen LogP contribution in [-0.2, 0) is 36.0 Å². The second-order valence-electron chi connectivity index (χ2n) is 16.7. The van der Waals surface area contributed by atoms with E-state index >= 15 is 0 Å². The lowest BCUT2D eigenvalue weighted by atomic mass is 9.61. The molecule has 274 valence electrons. The van der Waals surface area contributed by atoms with Gasteiger partial charge in [-0.05, 0) is 117 Å².